The van der Waals surface area contributed by atoms with Crippen LogP contribution in [0.2, 0.25) is 0 Å². The average Bonchev–Trinajstić information content (AvgIpc) is 3.16. The highest BCUT2D eigenvalue weighted by molar-refractivity contribution is 6.15. The summed E-state index contributed by atoms with van der Waals surface area (Å²) in [5.41, 5.74) is 13.1. The Morgan fingerprint density at radius 3 is 1.39 bits per heavy atom. The molecule has 5 aliphatic carbocycles. The topological polar surface area (TPSA) is 6.48 Å². The summed E-state index contributed by atoms with van der Waals surface area (Å²) < 4.78 is 0. The van der Waals surface area contributed by atoms with Crippen LogP contribution in [0, 0.1) is 24.7 Å². The van der Waals surface area contributed by atoms with Crippen molar-refractivity contribution in [2.75, 3.05) is 0 Å². The summed E-state index contributed by atoms with van der Waals surface area (Å²) in [6.07, 6.45) is 36.8. The molecule has 0 bridgehead atoms. The molecule has 0 atom stereocenters. The van der Waals surface area contributed by atoms with Gasteiger partial charge in [0.1, 0.15) is 0 Å². The molecule has 326 valence electrons. The number of nitrogens with zero attached hydrogens (tertiary/aromatic N) is 2. The van der Waals surface area contributed by atoms with Gasteiger partial charge >= 0.3 is 0 Å². The molecular formula is C57H88N2. The van der Waals surface area contributed by atoms with E-state index in [0.717, 1.165) is 17.8 Å². The molecule has 2 aliphatic heterocycles. The maximum atomic E-state index is 4.97. The summed E-state index contributed by atoms with van der Waals surface area (Å²) in [5, 5.41) is 2.78. The standard InChI is InChI=1S/C47H66N2.2C4H8.C2H6/c1-9-36(10-2)37-20-16-26-40(27-17-21-37)48-33(6)42-29-43(38-22-14-18-30(3)19-15-23-38)45-35(8)49(39-24-12-11-13-25-39)32(5)41-28-31(4)44(34(48)7)46(42)47(41)45;2*1-2-4-3-1;1-2/h28-30,36-40H,5-27H2,1-4H3;2*1-4H2;1-2H3. The van der Waals surface area contributed by atoms with E-state index < -0.39 is 0 Å². The van der Waals surface area contributed by atoms with Crippen LogP contribution < -0.4 is 0 Å². The number of rotatable bonds is 6. The zero-order valence-electron chi connectivity index (χ0n) is 39.4. The fourth-order valence-corrected chi connectivity index (χ4v) is 12.0. The van der Waals surface area contributed by atoms with Crippen LogP contribution in [-0.4, -0.2) is 21.9 Å². The fraction of sp³-hybridized carbons (Fsp3) is 0.684. The lowest BCUT2D eigenvalue weighted by Gasteiger charge is -2.46. The minimum atomic E-state index is 0.468. The van der Waals surface area contributed by atoms with E-state index in [1.807, 2.05) is 13.8 Å². The van der Waals surface area contributed by atoms with Crippen LogP contribution >= 0.6 is 0 Å². The summed E-state index contributed by atoms with van der Waals surface area (Å²) in [5.74, 6) is 3.19. The van der Waals surface area contributed by atoms with E-state index in [1.165, 1.54) is 235 Å². The predicted molar refractivity (Wildman–Crippen MR) is 262 cm³/mol. The van der Waals surface area contributed by atoms with Crippen molar-refractivity contribution in [2.24, 2.45) is 17.8 Å². The van der Waals surface area contributed by atoms with Crippen molar-refractivity contribution in [1.82, 2.24) is 9.80 Å². The molecule has 2 aromatic carbocycles. The third-order valence-corrected chi connectivity index (χ3v) is 16.2. The maximum Gasteiger partial charge on any atom is 0.0423 e. The fourth-order valence-electron chi connectivity index (χ4n) is 12.0. The van der Waals surface area contributed by atoms with E-state index in [-0.39, 0.29) is 0 Å². The number of aryl methyl sites for hydroxylation is 1. The zero-order chi connectivity index (χ0) is 42.1. The predicted octanol–water partition coefficient (Wildman–Crippen LogP) is 18.0. The normalized spacial score (nSPS) is 26.1. The Morgan fingerprint density at radius 2 is 0.915 bits per heavy atom. The molecule has 5 saturated carbocycles. The smallest absolute Gasteiger partial charge is 0.0423 e. The third kappa shape index (κ3) is 9.99. The third-order valence-electron chi connectivity index (χ3n) is 16.2. The number of hydrogen-bond acceptors (Lipinski definition) is 2. The van der Waals surface area contributed by atoms with Gasteiger partial charge in [0, 0.05) is 67.9 Å². The first-order chi connectivity index (χ1) is 28.7. The second-order valence-corrected chi connectivity index (χ2v) is 19.9. The lowest BCUT2D eigenvalue weighted by molar-refractivity contribution is 0.221. The molecule has 0 spiro atoms. The molecule has 9 rings (SSSR count). The highest BCUT2D eigenvalue weighted by Crippen LogP contribution is 2.55. The average molecular weight is 801 g/mol. The summed E-state index contributed by atoms with van der Waals surface area (Å²) in [4.78, 5) is 5.21. The van der Waals surface area contributed by atoms with Gasteiger partial charge in [0.2, 0.25) is 0 Å². The van der Waals surface area contributed by atoms with Gasteiger partial charge < -0.3 is 9.80 Å². The number of benzene rings is 2. The molecule has 59 heavy (non-hydrogen) atoms. The van der Waals surface area contributed by atoms with Crippen molar-refractivity contribution < 1.29 is 0 Å². The first-order valence-electron chi connectivity index (χ1n) is 25.7. The van der Waals surface area contributed by atoms with Crippen molar-refractivity contribution in [3.63, 3.8) is 0 Å². The van der Waals surface area contributed by atoms with E-state index in [2.05, 4.69) is 49.6 Å². The SMILES string of the molecule is C1CCC1.C1CCC1.C=C1c2cc(C3CCCC(C)CCC3)c3c4c(cc(C)c(c24)C(=C)N1C1CCCC(C(CC)CC)CCC1)C(=C)N(C1CCCCC1)C3=C.CC. The van der Waals surface area contributed by atoms with Gasteiger partial charge in [-0.3, -0.25) is 0 Å². The highest BCUT2D eigenvalue weighted by atomic mass is 15.2. The van der Waals surface area contributed by atoms with Gasteiger partial charge in [-0.1, -0.05) is 196 Å². The molecule has 2 heteroatoms. The largest absolute Gasteiger partial charge is 0.338 e. The van der Waals surface area contributed by atoms with Crippen LogP contribution in [0.1, 0.15) is 247 Å². The Bertz CT molecular complexity index is 1700. The summed E-state index contributed by atoms with van der Waals surface area (Å²) >= 11 is 0. The van der Waals surface area contributed by atoms with Gasteiger partial charge in [-0.25, -0.2) is 0 Å². The first kappa shape index (κ1) is 45.8. The Morgan fingerprint density at radius 1 is 0.508 bits per heavy atom. The Labute approximate surface area is 364 Å². The highest BCUT2D eigenvalue weighted by Gasteiger charge is 2.40. The van der Waals surface area contributed by atoms with Gasteiger partial charge in [-0.05, 0) is 92.4 Å². The monoisotopic (exact) mass is 801 g/mol. The van der Waals surface area contributed by atoms with Crippen LogP contribution in [0.3, 0.4) is 0 Å². The lowest BCUT2D eigenvalue weighted by Crippen LogP contribution is -2.38. The van der Waals surface area contributed by atoms with Crippen LogP contribution in [0.15, 0.2) is 38.4 Å². The van der Waals surface area contributed by atoms with Crippen molar-refractivity contribution in [2.45, 2.75) is 233 Å². The van der Waals surface area contributed by atoms with E-state index in [9.17, 15) is 0 Å². The Balaban J connectivity index is 0.000000518. The molecule has 2 nitrogen and oxygen atoms in total. The lowest BCUT2D eigenvalue weighted by atomic mass is 9.73. The van der Waals surface area contributed by atoms with Crippen LogP contribution in [0.5, 0.6) is 0 Å². The molecule has 0 radical (unpaired) electrons. The van der Waals surface area contributed by atoms with Crippen molar-refractivity contribution >= 4 is 33.6 Å². The minimum Gasteiger partial charge on any atom is -0.338 e. The quantitative estimate of drug-likeness (QED) is 0.287. The molecule has 0 unspecified atom stereocenters. The second kappa shape index (κ2) is 21.9. The maximum absolute atomic E-state index is 4.97. The van der Waals surface area contributed by atoms with E-state index >= 15 is 0 Å². The summed E-state index contributed by atoms with van der Waals surface area (Å²) in [7, 11) is 0. The summed E-state index contributed by atoms with van der Waals surface area (Å²) in [6, 6.07) is 6.08. The van der Waals surface area contributed by atoms with Gasteiger partial charge in [-0.2, -0.15) is 0 Å². The molecule has 2 heterocycles. The second-order valence-electron chi connectivity index (χ2n) is 19.9. The van der Waals surface area contributed by atoms with Crippen LogP contribution in [0.25, 0.3) is 33.6 Å². The molecule has 0 N–H and O–H groups in total. The molecule has 7 aliphatic rings. The molecule has 0 aromatic heterocycles. The van der Waals surface area contributed by atoms with Gasteiger partial charge in [0.25, 0.3) is 0 Å². The Kier molecular flexibility index (Phi) is 17.0. The van der Waals surface area contributed by atoms with Crippen LogP contribution in [0.4, 0.5) is 0 Å². The van der Waals surface area contributed by atoms with Crippen molar-refractivity contribution in [3.8, 4) is 0 Å². The van der Waals surface area contributed by atoms with Gasteiger partial charge in [-0.15, -0.1) is 0 Å². The van der Waals surface area contributed by atoms with Crippen molar-refractivity contribution in [3.05, 3.63) is 71.8 Å². The molecule has 0 amide bonds. The zero-order valence-corrected chi connectivity index (χ0v) is 39.4. The van der Waals surface area contributed by atoms with Gasteiger partial charge in [0.15, 0.2) is 0 Å². The molecule has 2 aromatic rings. The van der Waals surface area contributed by atoms with Crippen LogP contribution in [-0.2, 0) is 0 Å². The summed E-state index contributed by atoms with van der Waals surface area (Å²) in [6.45, 7) is 33.3. The molecule has 0 saturated heterocycles. The van der Waals surface area contributed by atoms with E-state index in [4.69, 9.17) is 26.3 Å². The molecular weight excluding hydrogens is 713 g/mol. The Hall–Kier alpha value is -2.74. The first-order valence-corrected chi connectivity index (χ1v) is 25.7. The van der Waals surface area contributed by atoms with E-state index in [0.29, 0.717) is 18.0 Å². The molecule has 5 fully saturated rings. The minimum absolute atomic E-state index is 0.468. The van der Waals surface area contributed by atoms with Crippen molar-refractivity contribution in [1.29, 1.82) is 0 Å². The number of hydrogen-bond donors (Lipinski definition) is 0. The van der Waals surface area contributed by atoms with E-state index in [1.54, 1.807) is 5.56 Å². The van der Waals surface area contributed by atoms with Gasteiger partial charge in [0.05, 0.1) is 0 Å².